The predicted molar refractivity (Wildman–Crippen MR) is 192 cm³/mol. The molecule has 0 bridgehead atoms. The zero-order chi connectivity index (χ0) is 35.9. The van der Waals surface area contributed by atoms with Crippen molar-refractivity contribution < 1.29 is 41.7 Å². The molecule has 49 heavy (non-hydrogen) atoms. The molecule has 0 amide bonds. The first-order valence-corrected chi connectivity index (χ1v) is 18.4. The van der Waals surface area contributed by atoms with Crippen LogP contribution in [0.15, 0.2) is 97.1 Å². The Morgan fingerprint density at radius 3 is 0.837 bits per heavy atom. The van der Waals surface area contributed by atoms with Gasteiger partial charge in [-0.2, -0.15) is 0 Å². The molecule has 0 aromatic heterocycles. The lowest BCUT2D eigenvalue weighted by atomic mass is 10.1. The van der Waals surface area contributed by atoms with Crippen LogP contribution >= 0.6 is 15.6 Å². The lowest BCUT2D eigenvalue weighted by Crippen LogP contribution is -2.12. The first-order valence-electron chi connectivity index (χ1n) is 15.5. The van der Waals surface area contributed by atoms with Crippen LogP contribution in [-0.4, -0.2) is 10.2 Å². The average molecular weight is 705 g/mol. The van der Waals surface area contributed by atoms with E-state index in [1.807, 2.05) is 79.7 Å². The molecule has 5 aromatic carbocycles. The number of hydrogen-bond donors (Lipinski definition) is 2. The second kappa shape index (κ2) is 15.7. The van der Waals surface area contributed by atoms with Crippen LogP contribution in [0.1, 0.15) is 44.5 Å². The summed E-state index contributed by atoms with van der Waals surface area (Å²) in [5.74, 6) is 1.35. The third-order valence-corrected chi connectivity index (χ3v) is 11.4. The highest BCUT2D eigenvalue weighted by Gasteiger charge is 2.47. The zero-order valence-corrected chi connectivity index (χ0v) is 30.7. The van der Waals surface area contributed by atoms with E-state index in [0.717, 1.165) is 44.5 Å². The van der Waals surface area contributed by atoms with Gasteiger partial charge in [0.15, 0.2) is 0 Å². The van der Waals surface area contributed by atoms with Crippen molar-refractivity contribution >= 4 is 15.6 Å². The number of phosphoric ester groups is 2. The smallest absolute Gasteiger partial charge is 0.508 e. The molecule has 0 saturated heterocycles. The van der Waals surface area contributed by atoms with Crippen LogP contribution in [-0.2, 0) is 13.4 Å². The molecule has 0 atom stereocenters. The molecule has 0 aliphatic rings. The average Bonchev–Trinajstić information content (AvgIpc) is 3.04. The third-order valence-electron chi connectivity index (χ3n) is 8.11. The molecule has 11 heteroatoms. The monoisotopic (exact) mass is 704 g/mol. The van der Waals surface area contributed by atoms with Gasteiger partial charge < -0.3 is 28.3 Å². The second-order valence-corrected chi connectivity index (χ2v) is 14.8. The number of rotatable bonds is 10. The Kier molecular flexibility index (Phi) is 11.9. The van der Waals surface area contributed by atoms with Crippen LogP contribution in [0.4, 0.5) is 0 Å². The molecule has 5 rings (SSSR count). The summed E-state index contributed by atoms with van der Waals surface area (Å²) < 4.78 is 58.9. The van der Waals surface area contributed by atoms with E-state index in [0.29, 0.717) is 0 Å². The molecule has 0 fully saturated rings. The van der Waals surface area contributed by atoms with Crippen molar-refractivity contribution in [3.8, 4) is 34.5 Å². The maximum absolute atomic E-state index is 14.6. The van der Waals surface area contributed by atoms with Crippen LogP contribution in [0.2, 0.25) is 0 Å². The van der Waals surface area contributed by atoms with E-state index in [4.69, 9.17) is 32.6 Å². The van der Waals surface area contributed by atoms with Gasteiger partial charge in [0.2, 0.25) is 0 Å². The van der Waals surface area contributed by atoms with Crippen molar-refractivity contribution in [1.82, 2.24) is 0 Å². The van der Waals surface area contributed by atoms with Crippen molar-refractivity contribution in [3.05, 3.63) is 142 Å². The summed E-state index contributed by atoms with van der Waals surface area (Å²) in [4.78, 5) is 0. The normalized spacial score (nSPS) is 11.3. The predicted octanol–water partition coefficient (Wildman–Crippen LogP) is 11.1. The van der Waals surface area contributed by atoms with Crippen molar-refractivity contribution in [2.24, 2.45) is 0 Å². The van der Waals surface area contributed by atoms with Crippen molar-refractivity contribution in [2.75, 3.05) is 0 Å². The number of phenolic OH excluding ortho intramolecular Hbond substituents is 2. The van der Waals surface area contributed by atoms with E-state index in [9.17, 15) is 9.13 Å². The summed E-state index contributed by atoms with van der Waals surface area (Å²) in [7, 11) is -9.44. The standard InChI is InChI=1S/C32H36O7P2.C6H6O2/c1-21-13-9-17-29(25(21)5)35-40(33,36-30-18-10-14-22(2)26(30)6)39-41(34,37-31-19-11-15-23(3)27(31)7)38-32-20-12-16-24(4)28(32)8;7-5-1-2-6(8)4-3-5/h9-20H,1-8H3;1-4,7-8H. The molecule has 0 radical (unpaired) electrons. The fourth-order valence-electron chi connectivity index (χ4n) is 4.45. The molecule has 2 N–H and O–H groups in total. The minimum atomic E-state index is -4.72. The van der Waals surface area contributed by atoms with Gasteiger partial charge in [-0.3, -0.25) is 0 Å². The van der Waals surface area contributed by atoms with E-state index in [2.05, 4.69) is 0 Å². The summed E-state index contributed by atoms with van der Waals surface area (Å²) in [5.41, 5.74) is 6.51. The zero-order valence-electron chi connectivity index (χ0n) is 28.9. The Bertz CT molecular complexity index is 1760. The van der Waals surface area contributed by atoms with Crippen molar-refractivity contribution in [2.45, 2.75) is 55.4 Å². The van der Waals surface area contributed by atoms with Crippen LogP contribution in [0.5, 0.6) is 34.5 Å². The summed E-state index contributed by atoms with van der Waals surface area (Å²) in [6.45, 7) is 14.9. The maximum atomic E-state index is 14.6. The fourth-order valence-corrected chi connectivity index (χ4v) is 7.80. The molecule has 258 valence electrons. The highest BCUT2D eigenvalue weighted by atomic mass is 31.3. The minimum absolute atomic E-state index is 0.169. The highest BCUT2D eigenvalue weighted by Crippen LogP contribution is 2.65. The van der Waals surface area contributed by atoms with Crippen LogP contribution in [0.25, 0.3) is 0 Å². The summed E-state index contributed by atoms with van der Waals surface area (Å²) >= 11 is 0. The van der Waals surface area contributed by atoms with Gasteiger partial charge in [-0.05, 0) is 148 Å². The number of phenols is 2. The first kappa shape index (κ1) is 37.1. The van der Waals surface area contributed by atoms with Crippen LogP contribution in [0.3, 0.4) is 0 Å². The summed E-state index contributed by atoms with van der Waals surface area (Å²) in [6, 6.07) is 26.9. The highest BCUT2D eigenvalue weighted by molar-refractivity contribution is 7.63. The number of aromatic hydroxyl groups is 2. The first-order chi connectivity index (χ1) is 23.1. The second-order valence-electron chi connectivity index (χ2n) is 11.6. The molecule has 0 spiro atoms. The Labute approximate surface area is 288 Å². The molecule has 0 unspecified atom stereocenters. The van der Waals surface area contributed by atoms with Gasteiger partial charge in [-0.25, -0.2) is 9.13 Å². The van der Waals surface area contributed by atoms with E-state index in [1.54, 1.807) is 48.5 Å². The molecule has 0 aliphatic heterocycles. The van der Waals surface area contributed by atoms with Crippen molar-refractivity contribution in [3.63, 3.8) is 0 Å². The molecule has 0 aliphatic carbocycles. The Balaban J connectivity index is 0.000000592. The van der Waals surface area contributed by atoms with Crippen LogP contribution in [0, 0.1) is 55.4 Å². The Hall–Kier alpha value is -4.68. The van der Waals surface area contributed by atoms with Gasteiger partial charge >= 0.3 is 15.6 Å². The van der Waals surface area contributed by atoms with E-state index >= 15 is 0 Å². The Morgan fingerprint density at radius 1 is 0.388 bits per heavy atom. The molecule has 5 aromatic rings. The number of benzene rings is 5. The molecular weight excluding hydrogens is 662 g/mol. The lowest BCUT2D eigenvalue weighted by molar-refractivity contribution is 0.241. The summed E-state index contributed by atoms with van der Waals surface area (Å²) in [5, 5.41) is 17.3. The number of phosphoric acid groups is 2. The molecule has 9 nitrogen and oxygen atoms in total. The minimum Gasteiger partial charge on any atom is -0.508 e. The molecule has 0 heterocycles. The summed E-state index contributed by atoms with van der Waals surface area (Å²) in [6.07, 6.45) is 0. The van der Waals surface area contributed by atoms with Gasteiger partial charge in [0, 0.05) is 0 Å². The third kappa shape index (κ3) is 9.70. The van der Waals surface area contributed by atoms with Crippen molar-refractivity contribution in [1.29, 1.82) is 0 Å². The van der Waals surface area contributed by atoms with Gasteiger partial charge in [-0.15, -0.1) is 4.31 Å². The van der Waals surface area contributed by atoms with Gasteiger partial charge in [0.1, 0.15) is 34.5 Å². The number of aryl methyl sites for hydroxylation is 4. The number of hydrogen-bond acceptors (Lipinski definition) is 9. The largest absolute Gasteiger partial charge is 0.598 e. The van der Waals surface area contributed by atoms with Crippen LogP contribution < -0.4 is 18.1 Å². The molecular formula is C38H42O9P2. The Morgan fingerprint density at radius 2 is 0.612 bits per heavy atom. The topological polar surface area (TPSA) is 121 Å². The maximum Gasteiger partial charge on any atom is 0.598 e. The lowest BCUT2D eigenvalue weighted by Gasteiger charge is -2.26. The SMILES string of the molecule is Cc1cccc(OP(=O)(Oc2cccc(C)c2C)OP(=O)(Oc2cccc(C)c2C)Oc2cccc(C)c2C)c1C.Oc1ccc(O)cc1. The molecule has 0 saturated carbocycles. The van der Waals surface area contributed by atoms with Gasteiger partial charge in [-0.1, -0.05) is 48.5 Å². The van der Waals surface area contributed by atoms with Gasteiger partial charge in [0.25, 0.3) is 0 Å². The van der Waals surface area contributed by atoms with Gasteiger partial charge in [0.05, 0.1) is 0 Å². The van der Waals surface area contributed by atoms with E-state index in [1.165, 1.54) is 24.3 Å². The van der Waals surface area contributed by atoms with E-state index < -0.39 is 15.6 Å². The quantitative estimate of drug-likeness (QED) is 0.108. The van der Waals surface area contributed by atoms with E-state index in [-0.39, 0.29) is 34.5 Å². The fraction of sp³-hybridized carbons (Fsp3) is 0.211.